The Balaban J connectivity index is 1.97. The Kier molecular flexibility index (Phi) is 3.21. The van der Waals surface area contributed by atoms with E-state index in [1.807, 2.05) is 14.1 Å². The molecule has 0 aromatic carbocycles. The highest BCUT2D eigenvalue weighted by molar-refractivity contribution is 5.92. The predicted molar refractivity (Wildman–Crippen MR) is 59.0 cm³/mol. The van der Waals surface area contributed by atoms with Gasteiger partial charge in [0, 0.05) is 25.4 Å². The first-order valence-corrected chi connectivity index (χ1v) is 5.26. The quantitative estimate of drug-likeness (QED) is 0.732. The van der Waals surface area contributed by atoms with E-state index in [9.17, 15) is 4.79 Å². The molecule has 0 saturated carbocycles. The number of amides is 1. The minimum atomic E-state index is -0.146. The normalized spacial score (nSPS) is 24.6. The van der Waals surface area contributed by atoms with Crippen molar-refractivity contribution in [2.75, 3.05) is 25.6 Å². The molecule has 1 saturated heterocycles. The Morgan fingerprint density at radius 2 is 2.44 bits per heavy atom. The van der Waals surface area contributed by atoms with Crippen molar-refractivity contribution in [3.63, 3.8) is 0 Å². The number of carbonyl (C=O) groups excluding carboxylic acids is 1. The van der Waals surface area contributed by atoms with Gasteiger partial charge in [0.05, 0.1) is 19.1 Å². The molecule has 2 heterocycles. The van der Waals surface area contributed by atoms with Crippen molar-refractivity contribution in [3.05, 3.63) is 12.3 Å². The van der Waals surface area contributed by atoms with Crippen LogP contribution in [0.5, 0.6) is 0 Å². The molecular weight excluding hydrogens is 208 g/mol. The fourth-order valence-corrected chi connectivity index (χ4v) is 1.80. The van der Waals surface area contributed by atoms with Crippen molar-refractivity contribution >= 4 is 11.7 Å². The average molecular weight is 224 g/mol. The lowest BCUT2D eigenvalue weighted by atomic mass is 10.0. The number of ether oxygens (including phenoxy) is 1. The standard InChI is InChI=1S/C10H16N4O2/c1-11-8-6-16-5-7(8)10(15)12-9-3-4-14(2)13-9/h3-4,7-8,11H,5-6H2,1-2H3,(H,12,13,15). The van der Waals surface area contributed by atoms with Crippen LogP contribution in [0, 0.1) is 5.92 Å². The van der Waals surface area contributed by atoms with E-state index in [0.29, 0.717) is 19.0 Å². The molecule has 0 radical (unpaired) electrons. The largest absolute Gasteiger partial charge is 0.379 e. The van der Waals surface area contributed by atoms with E-state index in [2.05, 4.69) is 15.7 Å². The van der Waals surface area contributed by atoms with Crippen LogP contribution in [-0.2, 0) is 16.6 Å². The summed E-state index contributed by atoms with van der Waals surface area (Å²) < 4.78 is 6.92. The number of aryl methyl sites for hydroxylation is 1. The van der Waals surface area contributed by atoms with Gasteiger partial charge in [-0.15, -0.1) is 0 Å². The molecule has 0 spiro atoms. The zero-order valence-electron chi connectivity index (χ0n) is 9.43. The summed E-state index contributed by atoms with van der Waals surface area (Å²) in [6.45, 7) is 1.04. The molecule has 2 rings (SSSR count). The van der Waals surface area contributed by atoms with E-state index in [-0.39, 0.29) is 17.9 Å². The summed E-state index contributed by atoms with van der Waals surface area (Å²) >= 11 is 0. The van der Waals surface area contributed by atoms with E-state index in [0.717, 1.165) is 0 Å². The van der Waals surface area contributed by atoms with Gasteiger partial charge in [0.15, 0.2) is 5.82 Å². The van der Waals surface area contributed by atoms with E-state index in [4.69, 9.17) is 4.74 Å². The van der Waals surface area contributed by atoms with E-state index >= 15 is 0 Å². The minimum Gasteiger partial charge on any atom is -0.379 e. The fraction of sp³-hybridized carbons (Fsp3) is 0.600. The first kappa shape index (κ1) is 11.1. The number of nitrogens with one attached hydrogen (secondary N) is 2. The molecule has 1 amide bonds. The SMILES string of the molecule is CNC1COCC1C(=O)Nc1ccn(C)n1. The molecule has 2 atom stereocenters. The van der Waals surface area contributed by atoms with Crippen molar-refractivity contribution in [3.8, 4) is 0 Å². The van der Waals surface area contributed by atoms with Gasteiger partial charge < -0.3 is 15.4 Å². The third kappa shape index (κ3) is 2.23. The van der Waals surface area contributed by atoms with Crippen molar-refractivity contribution < 1.29 is 9.53 Å². The maximum Gasteiger partial charge on any atom is 0.232 e. The molecule has 88 valence electrons. The molecule has 6 nitrogen and oxygen atoms in total. The monoisotopic (exact) mass is 224 g/mol. The van der Waals surface area contributed by atoms with Crippen molar-refractivity contribution in [2.24, 2.45) is 13.0 Å². The number of nitrogens with zero attached hydrogens (tertiary/aromatic N) is 2. The highest BCUT2D eigenvalue weighted by atomic mass is 16.5. The second-order valence-corrected chi connectivity index (χ2v) is 3.90. The summed E-state index contributed by atoms with van der Waals surface area (Å²) in [5, 5.41) is 9.95. The minimum absolute atomic E-state index is 0.0458. The third-order valence-electron chi connectivity index (χ3n) is 2.75. The summed E-state index contributed by atoms with van der Waals surface area (Å²) in [4.78, 5) is 11.9. The Labute approximate surface area is 94.0 Å². The molecule has 2 unspecified atom stereocenters. The van der Waals surface area contributed by atoms with E-state index in [1.165, 1.54) is 0 Å². The number of aromatic nitrogens is 2. The lowest BCUT2D eigenvalue weighted by Gasteiger charge is -2.15. The van der Waals surface area contributed by atoms with Crippen molar-refractivity contribution in [1.29, 1.82) is 0 Å². The summed E-state index contributed by atoms with van der Waals surface area (Å²) in [5.41, 5.74) is 0. The Hall–Kier alpha value is -1.40. The Bertz CT molecular complexity index is 377. The predicted octanol–water partition coefficient (Wildman–Crippen LogP) is -0.407. The lowest BCUT2D eigenvalue weighted by molar-refractivity contribution is -0.120. The van der Waals surface area contributed by atoms with Gasteiger partial charge in [0.1, 0.15) is 0 Å². The number of hydrogen-bond acceptors (Lipinski definition) is 4. The first-order valence-electron chi connectivity index (χ1n) is 5.26. The molecule has 1 aromatic rings. The zero-order valence-corrected chi connectivity index (χ0v) is 9.43. The van der Waals surface area contributed by atoms with Gasteiger partial charge in [-0.1, -0.05) is 0 Å². The number of anilines is 1. The average Bonchev–Trinajstić information content (AvgIpc) is 2.86. The molecule has 6 heteroatoms. The van der Waals surface area contributed by atoms with Gasteiger partial charge in [-0.25, -0.2) is 0 Å². The van der Waals surface area contributed by atoms with Gasteiger partial charge in [-0.05, 0) is 7.05 Å². The molecular formula is C10H16N4O2. The Morgan fingerprint density at radius 3 is 3.06 bits per heavy atom. The number of likely N-dealkylation sites (N-methyl/N-ethyl adjacent to an activating group) is 1. The molecule has 2 N–H and O–H groups in total. The zero-order chi connectivity index (χ0) is 11.5. The fourth-order valence-electron chi connectivity index (χ4n) is 1.80. The van der Waals surface area contributed by atoms with Crippen LogP contribution in [0.1, 0.15) is 0 Å². The number of hydrogen-bond donors (Lipinski definition) is 2. The van der Waals surface area contributed by atoms with Crippen LogP contribution >= 0.6 is 0 Å². The molecule has 1 aliphatic heterocycles. The molecule has 1 fully saturated rings. The highest BCUT2D eigenvalue weighted by Crippen LogP contribution is 2.15. The second-order valence-electron chi connectivity index (χ2n) is 3.90. The van der Waals surface area contributed by atoms with Crippen LogP contribution in [-0.4, -0.2) is 42.0 Å². The van der Waals surface area contributed by atoms with Gasteiger partial charge in [-0.3, -0.25) is 9.48 Å². The lowest BCUT2D eigenvalue weighted by Crippen LogP contribution is -2.39. The summed E-state index contributed by atoms with van der Waals surface area (Å²) in [6.07, 6.45) is 1.79. The smallest absolute Gasteiger partial charge is 0.232 e. The van der Waals surface area contributed by atoms with Crippen LogP contribution in [0.3, 0.4) is 0 Å². The van der Waals surface area contributed by atoms with Crippen molar-refractivity contribution in [1.82, 2.24) is 15.1 Å². The van der Waals surface area contributed by atoms with Crippen LogP contribution in [0.4, 0.5) is 5.82 Å². The summed E-state index contributed by atoms with van der Waals surface area (Å²) in [7, 11) is 3.64. The van der Waals surface area contributed by atoms with Gasteiger partial charge in [-0.2, -0.15) is 5.10 Å². The summed E-state index contributed by atoms with van der Waals surface area (Å²) in [5.74, 6) is 0.386. The number of rotatable bonds is 3. The van der Waals surface area contributed by atoms with Gasteiger partial charge >= 0.3 is 0 Å². The van der Waals surface area contributed by atoms with Crippen LogP contribution < -0.4 is 10.6 Å². The maximum atomic E-state index is 11.9. The Morgan fingerprint density at radius 1 is 1.62 bits per heavy atom. The third-order valence-corrected chi connectivity index (χ3v) is 2.75. The van der Waals surface area contributed by atoms with Gasteiger partial charge in [0.25, 0.3) is 0 Å². The first-order chi connectivity index (χ1) is 7.70. The second kappa shape index (κ2) is 4.63. The van der Waals surface area contributed by atoms with Crippen LogP contribution in [0.25, 0.3) is 0 Å². The molecule has 0 aliphatic carbocycles. The highest BCUT2D eigenvalue weighted by Gasteiger charge is 2.33. The topological polar surface area (TPSA) is 68.2 Å². The molecule has 1 aliphatic rings. The molecule has 1 aromatic heterocycles. The van der Waals surface area contributed by atoms with Crippen LogP contribution in [0.15, 0.2) is 12.3 Å². The molecule has 16 heavy (non-hydrogen) atoms. The maximum absolute atomic E-state index is 11.9. The number of carbonyl (C=O) groups is 1. The summed E-state index contributed by atoms with van der Waals surface area (Å²) in [6, 6.07) is 1.85. The van der Waals surface area contributed by atoms with Crippen molar-refractivity contribution in [2.45, 2.75) is 6.04 Å². The van der Waals surface area contributed by atoms with E-state index in [1.54, 1.807) is 16.9 Å². The molecule has 0 bridgehead atoms. The van der Waals surface area contributed by atoms with Gasteiger partial charge in [0.2, 0.25) is 5.91 Å². The van der Waals surface area contributed by atoms with Crippen LogP contribution in [0.2, 0.25) is 0 Å². The van der Waals surface area contributed by atoms with E-state index < -0.39 is 0 Å².